The van der Waals surface area contributed by atoms with E-state index < -0.39 is 18.0 Å². The molecule has 94 valence electrons. The standard InChI is InChI=1S/C14H15NO3/c1-9(14(17)18)10-4-6-11(7-5-10)13(16)12-3-2-8-15-12/h2-9,13,15-16H,1H3,(H,17,18). The van der Waals surface area contributed by atoms with E-state index in [9.17, 15) is 9.90 Å². The molecule has 0 bridgehead atoms. The number of rotatable bonds is 4. The smallest absolute Gasteiger partial charge is 0.310 e. The van der Waals surface area contributed by atoms with Gasteiger partial charge in [-0.2, -0.15) is 0 Å². The molecule has 0 aliphatic rings. The number of aliphatic carboxylic acids is 1. The van der Waals surface area contributed by atoms with Crippen molar-refractivity contribution in [2.24, 2.45) is 0 Å². The molecule has 0 saturated heterocycles. The average Bonchev–Trinajstić information content (AvgIpc) is 2.91. The van der Waals surface area contributed by atoms with Gasteiger partial charge in [0.2, 0.25) is 0 Å². The van der Waals surface area contributed by atoms with Crippen molar-refractivity contribution < 1.29 is 15.0 Å². The van der Waals surface area contributed by atoms with E-state index in [0.29, 0.717) is 5.69 Å². The van der Waals surface area contributed by atoms with Gasteiger partial charge in [0, 0.05) is 11.9 Å². The van der Waals surface area contributed by atoms with Crippen molar-refractivity contribution in [3.8, 4) is 0 Å². The molecule has 2 rings (SSSR count). The largest absolute Gasteiger partial charge is 0.481 e. The molecule has 0 radical (unpaired) electrons. The minimum atomic E-state index is -0.854. The molecular weight excluding hydrogens is 230 g/mol. The highest BCUT2D eigenvalue weighted by Crippen LogP contribution is 2.23. The molecule has 0 spiro atoms. The number of aliphatic hydroxyl groups excluding tert-OH is 1. The summed E-state index contributed by atoms with van der Waals surface area (Å²) in [4.78, 5) is 13.8. The Morgan fingerprint density at radius 2 is 1.78 bits per heavy atom. The molecule has 1 heterocycles. The highest BCUT2D eigenvalue weighted by atomic mass is 16.4. The molecule has 2 aromatic rings. The van der Waals surface area contributed by atoms with E-state index in [4.69, 9.17) is 5.11 Å². The van der Waals surface area contributed by atoms with Crippen LogP contribution in [-0.4, -0.2) is 21.2 Å². The van der Waals surface area contributed by atoms with Crippen LogP contribution in [0.1, 0.15) is 35.8 Å². The van der Waals surface area contributed by atoms with Gasteiger partial charge in [0.05, 0.1) is 5.92 Å². The normalized spacial score (nSPS) is 14.1. The van der Waals surface area contributed by atoms with E-state index in [-0.39, 0.29) is 0 Å². The van der Waals surface area contributed by atoms with Crippen LogP contribution in [0.2, 0.25) is 0 Å². The number of aromatic amines is 1. The lowest BCUT2D eigenvalue weighted by atomic mass is 9.98. The fourth-order valence-corrected chi connectivity index (χ4v) is 1.80. The molecule has 0 saturated carbocycles. The van der Waals surface area contributed by atoms with Crippen molar-refractivity contribution >= 4 is 5.97 Å². The molecule has 1 aromatic carbocycles. The predicted molar refractivity (Wildman–Crippen MR) is 67.3 cm³/mol. The molecule has 18 heavy (non-hydrogen) atoms. The monoisotopic (exact) mass is 245 g/mol. The maximum atomic E-state index is 10.9. The quantitative estimate of drug-likeness (QED) is 0.773. The van der Waals surface area contributed by atoms with Crippen LogP contribution < -0.4 is 0 Å². The topological polar surface area (TPSA) is 73.3 Å². The predicted octanol–water partition coefficient (Wildman–Crippen LogP) is 2.28. The highest BCUT2D eigenvalue weighted by Gasteiger charge is 2.15. The third kappa shape index (κ3) is 2.43. The highest BCUT2D eigenvalue weighted by molar-refractivity contribution is 5.75. The summed E-state index contributed by atoms with van der Waals surface area (Å²) in [5, 5.41) is 19.0. The van der Waals surface area contributed by atoms with Crippen molar-refractivity contribution in [2.75, 3.05) is 0 Å². The number of aliphatic hydroxyl groups is 1. The molecule has 0 amide bonds. The lowest BCUT2D eigenvalue weighted by Crippen LogP contribution is -2.07. The van der Waals surface area contributed by atoms with E-state index in [0.717, 1.165) is 11.1 Å². The first kappa shape index (κ1) is 12.4. The molecule has 0 fully saturated rings. The molecule has 0 aliphatic carbocycles. The summed E-state index contributed by atoms with van der Waals surface area (Å²) in [6.07, 6.45) is 1.04. The van der Waals surface area contributed by atoms with Gasteiger partial charge in [0.25, 0.3) is 0 Å². The van der Waals surface area contributed by atoms with E-state index in [2.05, 4.69) is 4.98 Å². The number of carboxylic acid groups (broad SMARTS) is 1. The van der Waals surface area contributed by atoms with Crippen molar-refractivity contribution in [3.05, 3.63) is 59.4 Å². The Labute approximate surface area is 105 Å². The number of H-pyrrole nitrogens is 1. The van der Waals surface area contributed by atoms with Crippen LogP contribution in [0.3, 0.4) is 0 Å². The van der Waals surface area contributed by atoms with E-state index in [1.807, 2.05) is 6.07 Å². The van der Waals surface area contributed by atoms with E-state index >= 15 is 0 Å². The molecule has 4 nitrogen and oxygen atoms in total. The first-order chi connectivity index (χ1) is 8.59. The van der Waals surface area contributed by atoms with Gasteiger partial charge in [0.15, 0.2) is 0 Å². The number of carbonyl (C=O) groups is 1. The van der Waals surface area contributed by atoms with Crippen molar-refractivity contribution in [1.82, 2.24) is 4.98 Å². The van der Waals surface area contributed by atoms with Gasteiger partial charge in [-0.3, -0.25) is 4.79 Å². The maximum Gasteiger partial charge on any atom is 0.310 e. The van der Waals surface area contributed by atoms with Gasteiger partial charge in [-0.05, 0) is 30.2 Å². The Morgan fingerprint density at radius 3 is 2.28 bits per heavy atom. The van der Waals surface area contributed by atoms with Gasteiger partial charge in [-0.25, -0.2) is 0 Å². The van der Waals surface area contributed by atoms with Gasteiger partial charge >= 0.3 is 5.97 Å². The van der Waals surface area contributed by atoms with Crippen LogP contribution in [0.5, 0.6) is 0 Å². The SMILES string of the molecule is CC(C(=O)O)c1ccc(C(O)c2ccc[nH]2)cc1. The summed E-state index contributed by atoms with van der Waals surface area (Å²) in [5.41, 5.74) is 2.18. The van der Waals surface area contributed by atoms with Crippen LogP contribution in [0.15, 0.2) is 42.6 Å². The van der Waals surface area contributed by atoms with Gasteiger partial charge in [0.1, 0.15) is 6.10 Å². The zero-order valence-electron chi connectivity index (χ0n) is 10.00. The Bertz CT molecular complexity index is 516. The molecule has 1 aromatic heterocycles. The summed E-state index contributed by atoms with van der Waals surface area (Å²) < 4.78 is 0. The third-order valence-corrected chi connectivity index (χ3v) is 3.04. The fourth-order valence-electron chi connectivity index (χ4n) is 1.80. The lowest BCUT2D eigenvalue weighted by molar-refractivity contribution is -0.138. The van der Waals surface area contributed by atoms with Crippen LogP contribution in [0.4, 0.5) is 0 Å². The van der Waals surface area contributed by atoms with Gasteiger partial charge < -0.3 is 15.2 Å². The van der Waals surface area contributed by atoms with Crippen LogP contribution in [0, 0.1) is 0 Å². The second kappa shape index (κ2) is 5.06. The fraction of sp³-hybridized carbons (Fsp3) is 0.214. The summed E-state index contributed by atoms with van der Waals surface area (Å²) in [5.74, 6) is -1.39. The van der Waals surface area contributed by atoms with Crippen molar-refractivity contribution in [1.29, 1.82) is 0 Å². The Kier molecular flexibility index (Phi) is 3.48. The zero-order valence-corrected chi connectivity index (χ0v) is 10.00. The molecule has 4 heteroatoms. The Balaban J connectivity index is 2.20. The van der Waals surface area contributed by atoms with Gasteiger partial charge in [-0.15, -0.1) is 0 Å². The lowest BCUT2D eigenvalue weighted by Gasteiger charge is -2.11. The third-order valence-electron chi connectivity index (χ3n) is 3.04. The number of hydrogen-bond donors (Lipinski definition) is 3. The minimum Gasteiger partial charge on any atom is -0.481 e. The number of aromatic nitrogens is 1. The summed E-state index contributed by atoms with van der Waals surface area (Å²) in [7, 11) is 0. The Morgan fingerprint density at radius 1 is 1.17 bits per heavy atom. The first-order valence-corrected chi connectivity index (χ1v) is 5.73. The van der Waals surface area contributed by atoms with Crippen molar-refractivity contribution in [3.63, 3.8) is 0 Å². The summed E-state index contributed by atoms with van der Waals surface area (Å²) in [6, 6.07) is 10.6. The van der Waals surface area contributed by atoms with Crippen LogP contribution in [0.25, 0.3) is 0 Å². The summed E-state index contributed by atoms with van der Waals surface area (Å²) in [6.45, 7) is 1.64. The van der Waals surface area contributed by atoms with E-state index in [1.54, 1.807) is 43.5 Å². The Hall–Kier alpha value is -2.07. The maximum absolute atomic E-state index is 10.9. The second-order valence-electron chi connectivity index (χ2n) is 4.25. The van der Waals surface area contributed by atoms with Crippen LogP contribution >= 0.6 is 0 Å². The zero-order chi connectivity index (χ0) is 13.1. The van der Waals surface area contributed by atoms with E-state index in [1.165, 1.54) is 0 Å². The number of benzene rings is 1. The minimum absolute atomic E-state index is 0.540. The second-order valence-corrected chi connectivity index (χ2v) is 4.25. The molecule has 0 aliphatic heterocycles. The van der Waals surface area contributed by atoms with Crippen molar-refractivity contribution in [2.45, 2.75) is 18.9 Å². The molecule has 2 atom stereocenters. The van der Waals surface area contributed by atoms with Gasteiger partial charge in [-0.1, -0.05) is 24.3 Å². The summed E-state index contributed by atoms with van der Waals surface area (Å²) >= 11 is 0. The molecule has 2 unspecified atom stereocenters. The molecule has 3 N–H and O–H groups in total. The first-order valence-electron chi connectivity index (χ1n) is 5.73. The molecular formula is C14H15NO3. The number of nitrogens with one attached hydrogen (secondary N) is 1. The van der Waals surface area contributed by atoms with Crippen LogP contribution in [-0.2, 0) is 4.79 Å². The number of hydrogen-bond acceptors (Lipinski definition) is 2. The number of carboxylic acids is 1. The average molecular weight is 245 g/mol.